The van der Waals surface area contributed by atoms with Gasteiger partial charge in [0.25, 0.3) is 0 Å². The summed E-state index contributed by atoms with van der Waals surface area (Å²) in [5.41, 5.74) is 0. The lowest BCUT2D eigenvalue weighted by atomic mass is 10.3. The number of hydrogen-bond acceptors (Lipinski definition) is 6. The Bertz CT molecular complexity index is 444. The Hall–Kier alpha value is -0.860. The van der Waals surface area contributed by atoms with Gasteiger partial charge in [-0.15, -0.1) is 0 Å². The maximum Gasteiger partial charge on any atom is 0.162 e. The van der Waals surface area contributed by atoms with E-state index in [1.807, 2.05) is 32.0 Å². The molecule has 1 aromatic carbocycles. The third kappa shape index (κ3) is 11.4. The zero-order valence-corrected chi connectivity index (χ0v) is 16.7. The van der Waals surface area contributed by atoms with E-state index < -0.39 is 0 Å². The van der Waals surface area contributed by atoms with Crippen molar-refractivity contribution in [3.05, 3.63) is 22.7 Å². The fraction of sp³-hybridized carbons (Fsp3) is 0.667. The first-order chi connectivity index (χ1) is 12.3. The third-order valence-electron chi connectivity index (χ3n) is 3.03. The minimum absolute atomic E-state index is 0.448. The second-order valence-electron chi connectivity index (χ2n) is 4.91. The highest BCUT2D eigenvalue weighted by Crippen LogP contribution is 2.30. The van der Waals surface area contributed by atoms with Crippen LogP contribution in [0.25, 0.3) is 0 Å². The van der Waals surface area contributed by atoms with Crippen molar-refractivity contribution < 1.29 is 28.4 Å². The first-order valence-corrected chi connectivity index (χ1v) is 9.43. The molecule has 6 nitrogen and oxygen atoms in total. The molecule has 0 amide bonds. The largest absolute Gasteiger partial charge is 0.487 e. The molecule has 0 aliphatic carbocycles. The van der Waals surface area contributed by atoms with Crippen LogP contribution in [0.15, 0.2) is 22.7 Å². The molecule has 0 aliphatic rings. The summed E-state index contributed by atoms with van der Waals surface area (Å²) in [5, 5.41) is 0. The summed E-state index contributed by atoms with van der Waals surface area (Å²) in [6.45, 7) is 9.57. The molecule has 0 atom stereocenters. The van der Waals surface area contributed by atoms with Crippen LogP contribution >= 0.6 is 15.9 Å². The Balaban J connectivity index is 2.25. The molecule has 0 N–H and O–H groups in total. The Morgan fingerprint density at radius 2 is 1.12 bits per heavy atom. The summed E-state index contributed by atoms with van der Waals surface area (Å²) >= 11 is 3.44. The fourth-order valence-corrected chi connectivity index (χ4v) is 2.20. The molecule has 1 rings (SSSR count). The summed E-state index contributed by atoms with van der Waals surface area (Å²) in [4.78, 5) is 0. The van der Waals surface area contributed by atoms with Gasteiger partial charge in [-0.2, -0.15) is 0 Å². The zero-order chi connectivity index (χ0) is 18.2. The van der Waals surface area contributed by atoms with E-state index in [0.717, 1.165) is 4.47 Å². The van der Waals surface area contributed by atoms with Crippen molar-refractivity contribution in [1.29, 1.82) is 0 Å². The number of hydrogen-bond donors (Lipinski definition) is 0. The minimum Gasteiger partial charge on any atom is -0.487 e. The highest BCUT2D eigenvalue weighted by atomic mass is 79.9. The van der Waals surface area contributed by atoms with Gasteiger partial charge in [-0.05, 0) is 32.0 Å². The average Bonchev–Trinajstić information content (AvgIpc) is 2.61. The van der Waals surface area contributed by atoms with E-state index in [0.29, 0.717) is 77.6 Å². The van der Waals surface area contributed by atoms with Crippen LogP contribution in [0.4, 0.5) is 0 Å². The van der Waals surface area contributed by atoms with E-state index in [1.165, 1.54) is 0 Å². The van der Waals surface area contributed by atoms with Gasteiger partial charge >= 0.3 is 0 Å². The van der Waals surface area contributed by atoms with E-state index in [1.54, 1.807) is 0 Å². The Labute approximate surface area is 158 Å². The van der Waals surface area contributed by atoms with Gasteiger partial charge in [0.1, 0.15) is 13.2 Å². The van der Waals surface area contributed by atoms with Crippen LogP contribution in [0.1, 0.15) is 13.8 Å². The summed E-state index contributed by atoms with van der Waals surface area (Å²) in [5.74, 6) is 1.36. The zero-order valence-electron chi connectivity index (χ0n) is 15.1. The standard InChI is InChI=1S/C18H29BrO6/c1-3-20-7-9-22-11-13-24-17-6-5-16(19)15-18(17)25-14-12-23-10-8-21-4-2/h5-6,15H,3-4,7-14H2,1-2H3. The lowest BCUT2D eigenvalue weighted by molar-refractivity contribution is 0.0369. The van der Waals surface area contributed by atoms with Crippen LogP contribution in [-0.2, 0) is 18.9 Å². The van der Waals surface area contributed by atoms with Crippen LogP contribution in [0.2, 0.25) is 0 Å². The highest BCUT2D eigenvalue weighted by Gasteiger charge is 2.06. The molecule has 0 spiro atoms. The molecule has 0 saturated heterocycles. The van der Waals surface area contributed by atoms with Gasteiger partial charge in [-0.1, -0.05) is 15.9 Å². The molecule has 144 valence electrons. The lowest BCUT2D eigenvalue weighted by Crippen LogP contribution is -2.13. The summed E-state index contributed by atoms with van der Waals surface area (Å²) in [6.07, 6.45) is 0. The second kappa shape index (κ2) is 15.4. The number of ether oxygens (including phenoxy) is 6. The molecule has 0 aliphatic heterocycles. The molecular weight excluding hydrogens is 392 g/mol. The van der Waals surface area contributed by atoms with Crippen molar-refractivity contribution in [2.24, 2.45) is 0 Å². The first kappa shape index (κ1) is 22.2. The summed E-state index contributed by atoms with van der Waals surface area (Å²) in [7, 11) is 0. The van der Waals surface area contributed by atoms with E-state index in [2.05, 4.69) is 15.9 Å². The molecule has 0 heterocycles. The van der Waals surface area contributed by atoms with Crippen LogP contribution in [0, 0.1) is 0 Å². The predicted molar refractivity (Wildman–Crippen MR) is 99.8 cm³/mol. The Morgan fingerprint density at radius 3 is 1.68 bits per heavy atom. The van der Waals surface area contributed by atoms with Crippen molar-refractivity contribution in [2.45, 2.75) is 13.8 Å². The van der Waals surface area contributed by atoms with E-state index in [9.17, 15) is 0 Å². The second-order valence-corrected chi connectivity index (χ2v) is 5.82. The maximum atomic E-state index is 5.75. The molecule has 0 saturated carbocycles. The van der Waals surface area contributed by atoms with Crippen molar-refractivity contribution in [2.75, 3.05) is 66.1 Å². The quantitative estimate of drug-likeness (QED) is 0.382. The van der Waals surface area contributed by atoms with Gasteiger partial charge in [0.05, 0.1) is 39.6 Å². The van der Waals surface area contributed by atoms with Gasteiger partial charge in [0.2, 0.25) is 0 Å². The lowest BCUT2D eigenvalue weighted by Gasteiger charge is -2.13. The summed E-state index contributed by atoms with van der Waals surface area (Å²) in [6, 6.07) is 5.66. The van der Waals surface area contributed by atoms with Gasteiger partial charge in [-0.25, -0.2) is 0 Å². The minimum atomic E-state index is 0.448. The Kier molecular flexibility index (Phi) is 13.7. The van der Waals surface area contributed by atoms with Crippen LogP contribution in [-0.4, -0.2) is 66.1 Å². The van der Waals surface area contributed by atoms with E-state index >= 15 is 0 Å². The van der Waals surface area contributed by atoms with Gasteiger partial charge in [-0.3, -0.25) is 0 Å². The number of benzene rings is 1. The van der Waals surface area contributed by atoms with Gasteiger partial charge in [0.15, 0.2) is 11.5 Å². The Morgan fingerprint density at radius 1 is 0.640 bits per heavy atom. The maximum absolute atomic E-state index is 5.75. The smallest absolute Gasteiger partial charge is 0.162 e. The van der Waals surface area contributed by atoms with Crippen molar-refractivity contribution in [1.82, 2.24) is 0 Å². The number of rotatable bonds is 16. The van der Waals surface area contributed by atoms with Crippen molar-refractivity contribution in [3.63, 3.8) is 0 Å². The molecular formula is C18H29BrO6. The fourth-order valence-electron chi connectivity index (χ4n) is 1.86. The van der Waals surface area contributed by atoms with Crippen molar-refractivity contribution >= 4 is 15.9 Å². The molecule has 0 fully saturated rings. The van der Waals surface area contributed by atoms with Crippen LogP contribution in [0.3, 0.4) is 0 Å². The van der Waals surface area contributed by atoms with E-state index in [4.69, 9.17) is 28.4 Å². The molecule has 25 heavy (non-hydrogen) atoms. The van der Waals surface area contributed by atoms with Crippen LogP contribution < -0.4 is 9.47 Å². The topological polar surface area (TPSA) is 55.4 Å². The van der Waals surface area contributed by atoms with Gasteiger partial charge in [0, 0.05) is 17.7 Å². The highest BCUT2D eigenvalue weighted by molar-refractivity contribution is 9.10. The third-order valence-corrected chi connectivity index (χ3v) is 3.52. The molecule has 1 aromatic rings. The molecule has 0 bridgehead atoms. The number of halogens is 1. The van der Waals surface area contributed by atoms with Crippen molar-refractivity contribution in [3.8, 4) is 11.5 Å². The first-order valence-electron chi connectivity index (χ1n) is 8.64. The van der Waals surface area contributed by atoms with Crippen LogP contribution in [0.5, 0.6) is 11.5 Å². The average molecular weight is 421 g/mol. The molecule has 7 heteroatoms. The summed E-state index contributed by atoms with van der Waals surface area (Å²) < 4.78 is 33.7. The molecule has 0 unspecified atom stereocenters. The SMILES string of the molecule is CCOCCOCCOc1ccc(Br)cc1OCCOCCOCC. The van der Waals surface area contributed by atoms with Gasteiger partial charge < -0.3 is 28.4 Å². The molecule has 0 aromatic heterocycles. The monoisotopic (exact) mass is 420 g/mol. The normalized spacial score (nSPS) is 10.8. The van der Waals surface area contributed by atoms with E-state index in [-0.39, 0.29) is 0 Å². The molecule has 0 radical (unpaired) electrons. The predicted octanol–water partition coefficient (Wildman–Crippen LogP) is 3.31.